The number of nitrogens with one attached hydrogen (secondary N) is 1. The standard InChI is InChI=1S/C11H12N2O4/c1-7-4-8(13-17-7)5-12-6-10-9(11(14)15)2-3-16-10/h2-4,12H,5-6H2,1H3,(H,14,15). The molecule has 2 heterocycles. The molecule has 90 valence electrons. The van der Waals surface area contributed by atoms with Gasteiger partial charge in [0.25, 0.3) is 0 Å². The molecule has 0 amide bonds. The fourth-order valence-electron chi connectivity index (χ4n) is 1.47. The molecule has 0 spiro atoms. The highest BCUT2D eigenvalue weighted by Crippen LogP contribution is 2.10. The van der Waals surface area contributed by atoms with Gasteiger partial charge in [0, 0.05) is 12.6 Å². The summed E-state index contributed by atoms with van der Waals surface area (Å²) in [7, 11) is 0. The van der Waals surface area contributed by atoms with Crippen LogP contribution in [0.4, 0.5) is 0 Å². The number of carboxylic acids is 1. The van der Waals surface area contributed by atoms with E-state index in [2.05, 4.69) is 10.5 Å². The lowest BCUT2D eigenvalue weighted by Crippen LogP contribution is -2.14. The first kappa shape index (κ1) is 11.4. The number of hydrogen-bond donors (Lipinski definition) is 2. The van der Waals surface area contributed by atoms with Gasteiger partial charge in [0.1, 0.15) is 17.1 Å². The summed E-state index contributed by atoms with van der Waals surface area (Å²) in [4.78, 5) is 10.8. The van der Waals surface area contributed by atoms with Crippen LogP contribution in [0.25, 0.3) is 0 Å². The van der Waals surface area contributed by atoms with Gasteiger partial charge in [-0.3, -0.25) is 0 Å². The number of furan rings is 1. The van der Waals surface area contributed by atoms with Crippen molar-refractivity contribution in [3.05, 3.63) is 41.2 Å². The van der Waals surface area contributed by atoms with E-state index in [0.717, 1.165) is 11.5 Å². The molecule has 0 saturated heterocycles. The molecule has 0 unspecified atom stereocenters. The van der Waals surface area contributed by atoms with E-state index in [4.69, 9.17) is 14.0 Å². The molecule has 0 aromatic carbocycles. The van der Waals surface area contributed by atoms with E-state index in [9.17, 15) is 4.79 Å². The summed E-state index contributed by atoms with van der Waals surface area (Å²) < 4.78 is 9.99. The zero-order valence-electron chi connectivity index (χ0n) is 9.27. The van der Waals surface area contributed by atoms with Gasteiger partial charge in [-0.1, -0.05) is 5.16 Å². The Balaban J connectivity index is 1.90. The Bertz CT molecular complexity index is 515. The van der Waals surface area contributed by atoms with Crippen LogP contribution in [-0.2, 0) is 13.1 Å². The van der Waals surface area contributed by atoms with Crippen molar-refractivity contribution in [3.63, 3.8) is 0 Å². The van der Waals surface area contributed by atoms with Crippen molar-refractivity contribution in [1.82, 2.24) is 10.5 Å². The van der Waals surface area contributed by atoms with Crippen molar-refractivity contribution in [1.29, 1.82) is 0 Å². The second kappa shape index (κ2) is 4.84. The van der Waals surface area contributed by atoms with Gasteiger partial charge in [-0.15, -0.1) is 0 Å². The number of aryl methyl sites for hydroxylation is 1. The highest BCUT2D eigenvalue weighted by Gasteiger charge is 2.12. The molecule has 0 aliphatic rings. The Morgan fingerprint density at radius 1 is 1.53 bits per heavy atom. The quantitative estimate of drug-likeness (QED) is 0.819. The van der Waals surface area contributed by atoms with Gasteiger partial charge in [0.05, 0.1) is 18.5 Å². The number of rotatable bonds is 5. The highest BCUT2D eigenvalue weighted by atomic mass is 16.5. The zero-order chi connectivity index (χ0) is 12.3. The number of carbonyl (C=O) groups is 1. The third-order valence-corrected chi connectivity index (χ3v) is 2.24. The number of carboxylic acid groups (broad SMARTS) is 1. The van der Waals surface area contributed by atoms with Crippen LogP contribution in [0.15, 0.2) is 27.3 Å². The van der Waals surface area contributed by atoms with Crippen molar-refractivity contribution < 1.29 is 18.8 Å². The fraction of sp³-hybridized carbons (Fsp3) is 0.273. The Labute approximate surface area is 97.2 Å². The second-order valence-electron chi connectivity index (χ2n) is 3.60. The molecule has 0 bridgehead atoms. The third kappa shape index (κ3) is 2.73. The number of nitrogens with zero attached hydrogens (tertiary/aromatic N) is 1. The van der Waals surface area contributed by atoms with Crippen molar-refractivity contribution >= 4 is 5.97 Å². The minimum Gasteiger partial charge on any atom is -0.478 e. The summed E-state index contributed by atoms with van der Waals surface area (Å²) in [6.07, 6.45) is 1.36. The molecule has 2 aromatic heterocycles. The Hall–Kier alpha value is -2.08. The Morgan fingerprint density at radius 3 is 3.00 bits per heavy atom. The van der Waals surface area contributed by atoms with E-state index in [1.165, 1.54) is 12.3 Å². The van der Waals surface area contributed by atoms with Crippen LogP contribution < -0.4 is 5.32 Å². The van der Waals surface area contributed by atoms with Crippen LogP contribution in [-0.4, -0.2) is 16.2 Å². The molecule has 0 saturated carbocycles. The van der Waals surface area contributed by atoms with E-state index in [1.54, 1.807) is 0 Å². The van der Waals surface area contributed by atoms with Crippen LogP contribution in [0.2, 0.25) is 0 Å². The topological polar surface area (TPSA) is 88.5 Å². The van der Waals surface area contributed by atoms with Gasteiger partial charge in [-0.2, -0.15) is 0 Å². The highest BCUT2D eigenvalue weighted by molar-refractivity contribution is 5.88. The maximum absolute atomic E-state index is 10.8. The molecule has 6 nitrogen and oxygen atoms in total. The number of aromatic carboxylic acids is 1. The molecule has 6 heteroatoms. The van der Waals surface area contributed by atoms with E-state index >= 15 is 0 Å². The molecule has 0 aliphatic carbocycles. The van der Waals surface area contributed by atoms with Gasteiger partial charge in [0.15, 0.2) is 0 Å². The third-order valence-electron chi connectivity index (χ3n) is 2.24. The molecular formula is C11H12N2O4. The largest absolute Gasteiger partial charge is 0.478 e. The molecule has 0 atom stereocenters. The smallest absolute Gasteiger partial charge is 0.339 e. The lowest BCUT2D eigenvalue weighted by atomic mass is 10.2. The van der Waals surface area contributed by atoms with Crippen molar-refractivity contribution in [2.24, 2.45) is 0 Å². The monoisotopic (exact) mass is 236 g/mol. The number of aromatic nitrogens is 1. The van der Waals surface area contributed by atoms with Crippen molar-refractivity contribution in [3.8, 4) is 0 Å². The SMILES string of the molecule is Cc1cc(CNCc2occc2C(=O)O)no1. The summed E-state index contributed by atoms with van der Waals surface area (Å²) in [5, 5.41) is 15.7. The van der Waals surface area contributed by atoms with Crippen LogP contribution in [0.3, 0.4) is 0 Å². The van der Waals surface area contributed by atoms with Gasteiger partial charge in [-0.25, -0.2) is 4.79 Å². The van der Waals surface area contributed by atoms with E-state index in [0.29, 0.717) is 18.8 Å². The van der Waals surface area contributed by atoms with Gasteiger partial charge in [0.2, 0.25) is 0 Å². The van der Waals surface area contributed by atoms with E-state index in [-0.39, 0.29) is 5.56 Å². The van der Waals surface area contributed by atoms with Gasteiger partial charge >= 0.3 is 5.97 Å². The summed E-state index contributed by atoms with van der Waals surface area (Å²) in [5.74, 6) is 0.150. The minimum absolute atomic E-state index is 0.175. The average molecular weight is 236 g/mol. The molecule has 2 rings (SSSR count). The average Bonchev–Trinajstić information content (AvgIpc) is 2.87. The molecule has 2 aromatic rings. The fourth-order valence-corrected chi connectivity index (χ4v) is 1.47. The van der Waals surface area contributed by atoms with Crippen molar-refractivity contribution in [2.45, 2.75) is 20.0 Å². The first-order valence-corrected chi connectivity index (χ1v) is 5.09. The van der Waals surface area contributed by atoms with Crippen LogP contribution in [0.5, 0.6) is 0 Å². The predicted octanol–water partition coefficient (Wildman–Crippen LogP) is 1.56. The Morgan fingerprint density at radius 2 is 2.35 bits per heavy atom. The van der Waals surface area contributed by atoms with Crippen LogP contribution in [0.1, 0.15) is 27.6 Å². The molecule has 17 heavy (non-hydrogen) atoms. The second-order valence-corrected chi connectivity index (χ2v) is 3.60. The van der Waals surface area contributed by atoms with Crippen molar-refractivity contribution in [2.75, 3.05) is 0 Å². The summed E-state index contributed by atoms with van der Waals surface area (Å²) in [6.45, 7) is 2.64. The van der Waals surface area contributed by atoms with Crippen LogP contribution >= 0.6 is 0 Å². The maximum Gasteiger partial charge on any atom is 0.339 e. The van der Waals surface area contributed by atoms with Gasteiger partial charge in [-0.05, 0) is 13.0 Å². The first-order chi connectivity index (χ1) is 8.16. The number of hydrogen-bond acceptors (Lipinski definition) is 5. The first-order valence-electron chi connectivity index (χ1n) is 5.09. The summed E-state index contributed by atoms with van der Waals surface area (Å²) in [5.41, 5.74) is 0.944. The normalized spacial score (nSPS) is 10.6. The molecular weight excluding hydrogens is 224 g/mol. The molecule has 0 aliphatic heterocycles. The Kier molecular flexibility index (Phi) is 3.24. The minimum atomic E-state index is -0.993. The lowest BCUT2D eigenvalue weighted by molar-refractivity contribution is 0.0694. The molecule has 2 N–H and O–H groups in total. The van der Waals surface area contributed by atoms with Gasteiger partial charge < -0.3 is 19.4 Å². The molecule has 0 fully saturated rings. The maximum atomic E-state index is 10.8. The van der Waals surface area contributed by atoms with E-state index < -0.39 is 5.97 Å². The summed E-state index contributed by atoms with van der Waals surface area (Å²) >= 11 is 0. The lowest BCUT2D eigenvalue weighted by Gasteiger charge is -2.00. The zero-order valence-corrected chi connectivity index (χ0v) is 9.27. The molecule has 0 radical (unpaired) electrons. The summed E-state index contributed by atoms with van der Waals surface area (Å²) in [6, 6.07) is 3.24. The van der Waals surface area contributed by atoms with Crippen LogP contribution in [0, 0.1) is 6.92 Å². The van der Waals surface area contributed by atoms with E-state index in [1.807, 2.05) is 13.0 Å². The predicted molar refractivity (Wildman–Crippen MR) is 57.5 cm³/mol.